The van der Waals surface area contributed by atoms with Gasteiger partial charge in [-0.25, -0.2) is 0 Å². The topological polar surface area (TPSA) is 20.2 Å². The van der Waals surface area contributed by atoms with E-state index >= 15 is 0 Å². The van der Waals surface area contributed by atoms with E-state index in [9.17, 15) is 5.11 Å². The molecule has 0 bridgehead atoms. The van der Waals surface area contributed by atoms with Crippen molar-refractivity contribution in [2.75, 3.05) is 0 Å². The van der Waals surface area contributed by atoms with E-state index in [0.717, 1.165) is 19.3 Å². The first kappa shape index (κ1) is 16.8. The van der Waals surface area contributed by atoms with Gasteiger partial charge in [0.25, 0.3) is 0 Å². The van der Waals surface area contributed by atoms with Gasteiger partial charge in [-0.3, -0.25) is 0 Å². The first-order chi connectivity index (χ1) is 9.70. The smallest absolute Gasteiger partial charge is 0.0718 e. The van der Waals surface area contributed by atoms with Crippen molar-refractivity contribution in [1.29, 1.82) is 0 Å². The number of aliphatic hydroxyl groups is 1. The Morgan fingerprint density at radius 3 is 2.62 bits per heavy atom. The van der Waals surface area contributed by atoms with Gasteiger partial charge in [0.1, 0.15) is 0 Å². The average Bonchev–Trinajstić information content (AvgIpc) is 2.60. The minimum absolute atomic E-state index is 0.277. The van der Waals surface area contributed by atoms with Gasteiger partial charge < -0.3 is 5.11 Å². The fraction of sp³-hybridized carbons (Fsp3) is 0.800. The van der Waals surface area contributed by atoms with Crippen molar-refractivity contribution in [3.63, 3.8) is 0 Å². The minimum atomic E-state index is -0.492. The summed E-state index contributed by atoms with van der Waals surface area (Å²) in [6.07, 6.45) is 13.8. The predicted molar refractivity (Wildman–Crippen MR) is 91.1 cm³/mol. The summed E-state index contributed by atoms with van der Waals surface area (Å²) < 4.78 is 0. The third-order valence-electron chi connectivity index (χ3n) is 5.48. The van der Waals surface area contributed by atoms with Gasteiger partial charge in [-0.2, -0.15) is 0 Å². The van der Waals surface area contributed by atoms with E-state index in [1.54, 1.807) is 0 Å². The highest BCUT2D eigenvalue weighted by Crippen LogP contribution is 2.45. The lowest BCUT2D eigenvalue weighted by molar-refractivity contribution is 0.000106. The summed E-state index contributed by atoms with van der Waals surface area (Å²) in [5.74, 6) is 1.45. The molecule has 1 N–H and O–H groups in total. The van der Waals surface area contributed by atoms with E-state index in [0.29, 0.717) is 17.8 Å². The summed E-state index contributed by atoms with van der Waals surface area (Å²) in [5, 5.41) is 11.2. The molecule has 2 rings (SSSR count). The van der Waals surface area contributed by atoms with Gasteiger partial charge in [-0.05, 0) is 62.7 Å². The molecule has 1 fully saturated rings. The molecule has 0 heterocycles. The summed E-state index contributed by atoms with van der Waals surface area (Å²) in [6, 6.07) is 0. The summed E-state index contributed by atoms with van der Waals surface area (Å²) >= 11 is 0. The van der Waals surface area contributed by atoms with Crippen molar-refractivity contribution >= 4 is 0 Å². The molecule has 0 aromatic heterocycles. The fourth-order valence-corrected chi connectivity index (χ4v) is 4.33. The van der Waals surface area contributed by atoms with Gasteiger partial charge in [0.05, 0.1) is 5.60 Å². The lowest BCUT2D eigenvalue weighted by Gasteiger charge is -2.32. The van der Waals surface area contributed by atoms with Gasteiger partial charge in [0, 0.05) is 5.92 Å². The van der Waals surface area contributed by atoms with E-state index in [1.165, 1.54) is 24.8 Å². The SMILES string of the molecule is C/C1=C\[C@H]2CC(C)C[C@]2(O)CC(C)/C=C/C(C)(C)CCC1. The standard InChI is InChI=1S/C20H34O/c1-15-7-6-9-19(4,5)10-8-16(2)13-20(21)14-17(3)12-18(20)11-15/h8,10-11,16-18,21H,6-7,9,12-14H2,1-5H3/b10-8+,15-11+/t16?,17?,18-,20+/m0/s1. The molecule has 0 spiro atoms. The van der Waals surface area contributed by atoms with E-state index < -0.39 is 5.60 Å². The highest BCUT2D eigenvalue weighted by Gasteiger charge is 2.43. The molecule has 1 saturated carbocycles. The van der Waals surface area contributed by atoms with E-state index in [4.69, 9.17) is 0 Å². The number of rotatable bonds is 0. The molecule has 0 aliphatic heterocycles. The van der Waals surface area contributed by atoms with Gasteiger partial charge in [-0.1, -0.05) is 51.5 Å². The van der Waals surface area contributed by atoms with Crippen LogP contribution in [0.5, 0.6) is 0 Å². The third kappa shape index (κ3) is 4.45. The van der Waals surface area contributed by atoms with Crippen LogP contribution in [0.3, 0.4) is 0 Å². The molecule has 0 amide bonds. The molecule has 21 heavy (non-hydrogen) atoms. The van der Waals surface area contributed by atoms with Crippen molar-refractivity contribution in [3.8, 4) is 0 Å². The Bertz CT molecular complexity index is 418. The largest absolute Gasteiger partial charge is 0.389 e. The monoisotopic (exact) mass is 290 g/mol. The Morgan fingerprint density at radius 1 is 1.19 bits per heavy atom. The van der Waals surface area contributed by atoms with Crippen molar-refractivity contribution in [3.05, 3.63) is 23.8 Å². The van der Waals surface area contributed by atoms with Crippen LogP contribution in [0.15, 0.2) is 23.8 Å². The molecule has 1 heteroatoms. The molecule has 0 radical (unpaired) electrons. The highest BCUT2D eigenvalue weighted by atomic mass is 16.3. The summed E-state index contributed by atoms with van der Waals surface area (Å²) in [6.45, 7) is 11.5. The molecule has 2 aliphatic carbocycles. The second-order valence-corrected chi connectivity index (χ2v) is 8.65. The molecule has 1 nitrogen and oxygen atoms in total. The van der Waals surface area contributed by atoms with E-state index in [2.05, 4.69) is 52.8 Å². The van der Waals surface area contributed by atoms with Crippen molar-refractivity contribution in [2.45, 2.75) is 78.7 Å². The van der Waals surface area contributed by atoms with Gasteiger partial charge >= 0.3 is 0 Å². The quantitative estimate of drug-likeness (QED) is 0.584. The third-order valence-corrected chi connectivity index (χ3v) is 5.48. The Kier molecular flexibility index (Phi) is 5.03. The average molecular weight is 290 g/mol. The van der Waals surface area contributed by atoms with E-state index in [1.807, 2.05) is 0 Å². The van der Waals surface area contributed by atoms with Crippen LogP contribution < -0.4 is 0 Å². The fourth-order valence-electron chi connectivity index (χ4n) is 4.33. The number of fused-ring (bicyclic) bond motifs is 1. The van der Waals surface area contributed by atoms with Crippen LogP contribution in [0.4, 0.5) is 0 Å². The lowest BCUT2D eigenvalue weighted by atomic mass is 9.79. The summed E-state index contributed by atoms with van der Waals surface area (Å²) in [4.78, 5) is 0. The molecule has 120 valence electrons. The molecular formula is C20H34O. The normalized spacial score (nSPS) is 44.9. The Hall–Kier alpha value is -0.560. The Labute approximate surface area is 131 Å². The summed E-state index contributed by atoms with van der Waals surface area (Å²) in [7, 11) is 0. The van der Waals surface area contributed by atoms with Crippen LogP contribution in [0.25, 0.3) is 0 Å². The zero-order valence-corrected chi connectivity index (χ0v) is 14.7. The molecular weight excluding hydrogens is 256 g/mol. The van der Waals surface area contributed by atoms with Crippen LogP contribution in [-0.4, -0.2) is 10.7 Å². The molecule has 4 atom stereocenters. The van der Waals surface area contributed by atoms with Crippen molar-refractivity contribution < 1.29 is 5.11 Å². The zero-order valence-electron chi connectivity index (χ0n) is 14.7. The molecule has 2 unspecified atom stereocenters. The van der Waals surface area contributed by atoms with Crippen molar-refractivity contribution in [1.82, 2.24) is 0 Å². The van der Waals surface area contributed by atoms with Gasteiger partial charge in [0.15, 0.2) is 0 Å². The lowest BCUT2D eigenvalue weighted by Crippen LogP contribution is -2.34. The highest BCUT2D eigenvalue weighted by molar-refractivity contribution is 5.12. The molecule has 0 aromatic rings. The van der Waals surface area contributed by atoms with Gasteiger partial charge in [-0.15, -0.1) is 0 Å². The minimum Gasteiger partial charge on any atom is -0.389 e. The molecule has 0 aromatic carbocycles. The maximum atomic E-state index is 11.2. The molecule has 2 aliphatic rings. The first-order valence-corrected chi connectivity index (χ1v) is 8.79. The number of hydrogen-bond acceptors (Lipinski definition) is 1. The number of allylic oxidation sites excluding steroid dienone is 3. The van der Waals surface area contributed by atoms with E-state index in [-0.39, 0.29) is 5.41 Å². The second kappa shape index (κ2) is 6.28. The van der Waals surface area contributed by atoms with Gasteiger partial charge in [0.2, 0.25) is 0 Å². The Morgan fingerprint density at radius 2 is 1.90 bits per heavy atom. The van der Waals surface area contributed by atoms with Crippen LogP contribution in [0.1, 0.15) is 73.1 Å². The van der Waals surface area contributed by atoms with Crippen LogP contribution >= 0.6 is 0 Å². The van der Waals surface area contributed by atoms with Crippen LogP contribution in [-0.2, 0) is 0 Å². The zero-order chi connectivity index (χ0) is 15.7. The van der Waals surface area contributed by atoms with Crippen molar-refractivity contribution in [2.24, 2.45) is 23.2 Å². The van der Waals surface area contributed by atoms with Crippen LogP contribution in [0.2, 0.25) is 0 Å². The second-order valence-electron chi connectivity index (χ2n) is 8.65. The predicted octanol–water partition coefficient (Wildman–Crippen LogP) is 5.50. The maximum Gasteiger partial charge on any atom is 0.0718 e. The number of hydrogen-bond donors (Lipinski definition) is 1. The van der Waals surface area contributed by atoms with Crippen LogP contribution in [0, 0.1) is 23.2 Å². The summed E-state index contributed by atoms with van der Waals surface area (Å²) in [5.41, 5.74) is 1.26. The maximum absolute atomic E-state index is 11.2. The first-order valence-electron chi connectivity index (χ1n) is 8.79. The molecule has 0 saturated heterocycles. The Balaban J connectivity index is 2.25.